The lowest BCUT2D eigenvalue weighted by molar-refractivity contribution is -0.141. The number of sulfonamides is 1. The number of primary sulfonamides is 1. The van der Waals surface area contributed by atoms with Crippen LogP contribution in [0.3, 0.4) is 0 Å². The lowest BCUT2D eigenvalue weighted by Crippen LogP contribution is -2.16. The van der Waals surface area contributed by atoms with Gasteiger partial charge in [-0.05, 0) is 36.8 Å². The van der Waals surface area contributed by atoms with Gasteiger partial charge in [-0.2, -0.15) is 18.3 Å². The molecule has 0 aliphatic heterocycles. The van der Waals surface area contributed by atoms with Crippen molar-refractivity contribution in [3.63, 3.8) is 0 Å². The molecule has 0 aliphatic rings. The predicted molar refractivity (Wildman–Crippen MR) is 95.1 cm³/mol. The Bertz CT molecular complexity index is 1120. The van der Waals surface area contributed by atoms with Gasteiger partial charge in [0.2, 0.25) is 10.0 Å². The molecule has 0 bridgehead atoms. The SMILES string of the molecule is Cc1ccc(-c2cc(C(F)(F)F)nn2-c2ccccc2S(N)(=O)=O)c(Cl)c1. The smallest absolute Gasteiger partial charge is 0.231 e. The molecule has 0 atom stereocenters. The zero-order valence-electron chi connectivity index (χ0n) is 13.8. The fraction of sp³-hybridized carbons (Fsp3) is 0.118. The van der Waals surface area contributed by atoms with Crippen LogP contribution in [0.25, 0.3) is 16.9 Å². The molecule has 2 aromatic carbocycles. The molecule has 0 spiro atoms. The summed E-state index contributed by atoms with van der Waals surface area (Å²) in [6.45, 7) is 1.78. The largest absolute Gasteiger partial charge is 0.435 e. The number of aryl methyl sites for hydroxylation is 1. The van der Waals surface area contributed by atoms with Gasteiger partial charge in [0, 0.05) is 5.56 Å². The first-order chi connectivity index (χ1) is 12.5. The highest BCUT2D eigenvalue weighted by atomic mass is 35.5. The van der Waals surface area contributed by atoms with E-state index in [-0.39, 0.29) is 26.9 Å². The quantitative estimate of drug-likeness (QED) is 0.697. The molecule has 1 heterocycles. The van der Waals surface area contributed by atoms with Gasteiger partial charge in [0.15, 0.2) is 5.69 Å². The second kappa shape index (κ2) is 6.66. The number of aromatic nitrogens is 2. The number of rotatable bonds is 3. The van der Waals surface area contributed by atoms with Crippen molar-refractivity contribution in [3.05, 3.63) is 64.8 Å². The van der Waals surface area contributed by atoms with E-state index in [4.69, 9.17) is 16.7 Å². The Kier molecular flexibility index (Phi) is 4.79. The molecule has 0 amide bonds. The summed E-state index contributed by atoms with van der Waals surface area (Å²) in [5.74, 6) is 0. The van der Waals surface area contributed by atoms with Crippen molar-refractivity contribution in [2.45, 2.75) is 18.0 Å². The lowest BCUT2D eigenvalue weighted by Gasteiger charge is -2.12. The highest BCUT2D eigenvalue weighted by molar-refractivity contribution is 7.89. The van der Waals surface area contributed by atoms with E-state index in [0.29, 0.717) is 0 Å². The highest BCUT2D eigenvalue weighted by Crippen LogP contribution is 2.36. The Morgan fingerprint density at radius 1 is 1.11 bits per heavy atom. The van der Waals surface area contributed by atoms with Crippen molar-refractivity contribution < 1.29 is 21.6 Å². The molecule has 3 rings (SSSR count). The van der Waals surface area contributed by atoms with E-state index in [1.54, 1.807) is 25.1 Å². The molecule has 10 heteroatoms. The van der Waals surface area contributed by atoms with Crippen LogP contribution in [-0.2, 0) is 16.2 Å². The summed E-state index contributed by atoms with van der Waals surface area (Å²) in [5.41, 5.74) is -0.214. The maximum Gasteiger partial charge on any atom is 0.435 e. The lowest BCUT2D eigenvalue weighted by atomic mass is 10.1. The van der Waals surface area contributed by atoms with E-state index < -0.39 is 21.9 Å². The number of nitrogens with zero attached hydrogens (tertiary/aromatic N) is 2. The number of benzene rings is 2. The van der Waals surface area contributed by atoms with Gasteiger partial charge in [0.1, 0.15) is 4.90 Å². The standard InChI is InChI=1S/C17H13ClF3N3O2S/c1-10-6-7-11(12(18)8-10)14-9-16(17(19,20)21)23-24(14)13-4-2-3-5-15(13)27(22,25)26/h2-9H,1H3,(H2,22,25,26). The number of hydrogen-bond acceptors (Lipinski definition) is 3. The summed E-state index contributed by atoms with van der Waals surface area (Å²) in [6, 6.07) is 11.0. The van der Waals surface area contributed by atoms with Crippen LogP contribution < -0.4 is 5.14 Å². The number of nitrogens with two attached hydrogens (primary N) is 1. The Morgan fingerprint density at radius 2 is 1.78 bits per heavy atom. The van der Waals surface area contributed by atoms with Gasteiger partial charge < -0.3 is 0 Å². The predicted octanol–water partition coefficient (Wildman–Crippen LogP) is 4.17. The zero-order valence-corrected chi connectivity index (χ0v) is 15.4. The van der Waals surface area contributed by atoms with Crippen molar-refractivity contribution in [3.8, 4) is 16.9 Å². The van der Waals surface area contributed by atoms with Crippen LogP contribution >= 0.6 is 11.6 Å². The average molecular weight is 416 g/mol. The maximum absolute atomic E-state index is 13.3. The Morgan fingerprint density at radius 3 is 2.37 bits per heavy atom. The second-order valence-electron chi connectivity index (χ2n) is 5.82. The van der Waals surface area contributed by atoms with Crippen molar-refractivity contribution in [2.75, 3.05) is 0 Å². The maximum atomic E-state index is 13.3. The minimum atomic E-state index is -4.73. The van der Waals surface area contributed by atoms with E-state index in [0.717, 1.165) is 16.3 Å². The molecular weight excluding hydrogens is 403 g/mol. The third kappa shape index (κ3) is 3.85. The summed E-state index contributed by atoms with van der Waals surface area (Å²) in [7, 11) is -4.20. The fourth-order valence-electron chi connectivity index (χ4n) is 2.60. The van der Waals surface area contributed by atoms with Crippen LogP contribution in [0.1, 0.15) is 11.3 Å². The van der Waals surface area contributed by atoms with Crippen molar-refractivity contribution in [2.24, 2.45) is 5.14 Å². The van der Waals surface area contributed by atoms with Gasteiger partial charge >= 0.3 is 6.18 Å². The molecule has 0 radical (unpaired) electrons. The summed E-state index contributed by atoms with van der Waals surface area (Å²) in [5, 5.41) is 8.99. The Hall–Kier alpha value is -2.36. The molecule has 142 valence electrons. The van der Waals surface area contributed by atoms with Crippen LogP contribution in [0.5, 0.6) is 0 Å². The molecule has 1 aromatic heterocycles. The van der Waals surface area contributed by atoms with E-state index in [1.165, 1.54) is 24.3 Å². The number of alkyl halides is 3. The summed E-state index contributed by atoms with van der Waals surface area (Å²) in [4.78, 5) is -0.355. The molecule has 2 N–H and O–H groups in total. The molecule has 3 aromatic rings. The molecule has 0 aliphatic carbocycles. The first kappa shape index (κ1) is 19.4. The minimum Gasteiger partial charge on any atom is -0.231 e. The van der Waals surface area contributed by atoms with Crippen molar-refractivity contribution >= 4 is 21.6 Å². The van der Waals surface area contributed by atoms with Crippen molar-refractivity contribution in [1.82, 2.24) is 9.78 Å². The summed E-state index contributed by atoms with van der Waals surface area (Å²) >= 11 is 6.21. The molecule has 5 nitrogen and oxygen atoms in total. The number of para-hydroxylation sites is 1. The third-order valence-electron chi connectivity index (χ3n) is 3.80. The van der Waals surface area contributed by atoms with E-state index in [9.17, 15) is 21.6 Å². The topological polar surface area (TPSA) is 78.0 Å². The first-order valence-corrected chi connectivity index (χ1v) is 9.47. The average Bonchev–Trinajstić information content (AvgIpc) is 2.99. The molecular formula is C17H13ClF3N3O2S. The normalized spacial score (nSPS) is 12.4. The van der Waals surface area contributed by atoms with Gasteiger partial charge in [0.25, 0.3) is 0 Å². The highest BCUT2D eigenvalue weighted by Gasteiger charge is 2.36. The fourth-order valence-corrected chi connectivity index (χ4v) is 3.64. The van der Waals surface area contributed by atoms with Gasteiger partial charge in [-0.15, -0.1) is 0 Å². The van der Waals surface area contributed by atoms with Gasteiger partial charge in [-0.25, -0.2) is 18.2 Å². The van der Waals surface area contributed by atoms with Gasteiger partial charge in [0.05, 0.1) is 16.4 Å². The summed E-state index contributed by atoms with van der Waals surface area (Å²) in [6.07, 6.45) is -4.73. The van der Waals surface area contributed by atoms with E-state index in [2.05, 4.69) is 5.10 Å². The Labute approximate surface area is 158 Å². The van der Waals surface area contributed by atoms with Crippen LogP contribution in [0.15, 0.2) is 53.4 Å². The van der Waals surface area contributed by atoms with Gasteiger partial charge in [-0.3, -0.25) is 0 Å². The molecule has 0 fully saturated rings. The zero-order chi connectivity index (χ0) is 20.0. The molecule has 27 heavy (non-hydrogen) atoms. The second-order valence-corrected chi connectivity index (χ2v) is 7.76. The van der Waals surface area contributed by atoms with E-state index in [1.807, 2.05) is 0 Å². The molecule has 0 saturated carbocycles. The van der Waals surface area contributed by atoms with Crippen LogP contribution in [0, 0.1) is 6.92 Å². The van der Waals surface area contributed by atoms with Crippen LogP contribution in [0.2, 0.25) is 5.02 Å². The van der Waals surface area contributed by atoms with Crippen molar-refractivity contribution in [1.29, 1.82) is 0 Å². The monoisotopic (exact) mass is 415 g/mol. The van der Waals surface area contributed by atoms with E-state index >= 15 is 0 Å². The molecule has 0 saturated heterocycles. The molecule has 0 unspecified atom stereocenters. The minimum absolute atomic E-state index is 0.0107. The number of hydrogen-bond donors (Lipinski definition) is 1. The third-order valence-corrected chi connectivity index (χ3v) is 5.07. The van der Waals surface area contributed by atoms with Gasteiger partial charge in [-0.1, -0.05) is 35.9 Å². The Balaban J connectivity index is 2.36. The van der Waals surface area contributed by atoms with Crippen LogP contribution in [-0.4, -0.2) is 18.2 Å². The van der Waals surface area contributed by atoms with Crippen LogP contribution in [0.4, 0.5) is 13.2 Å². The first-order valence-electron chi connectivity index (χ1n) is 7.54. The summed E-state index contributed by atoms with van der Waals surface area (Å²) < 4.78 is 64.4. The number of halogens is 4.